The number of fused-ring (bicyclic) bond motifs is 1. The molecule has 2 aromatic heterocycles. The largest absolute Gasteiger partial charge is 0.361 e. The van der Waals surface area contributed by atoms with Crippen molar-refractivity contribution in [3.63, 3.8) is 0 Å². The van der Waals surface area contributed by atoms with E-state index in [4.69, 9.17) is 11.6 Å². The molecule has 0 saturated heterocycles. The van der Waals surface area contributed by atoms with Crippen LogP contribution in [-0.4, -0.2) is 33.4 Å². The van der Waals surface area contributed by atoms with E-state index in [0.717, 1.165) is 33.4 Å². The highest BCUT2D eigenvalue weighted by Gasteiger charge is 2.09. The van der Waals surface area contributed by atoms with E-state index in [2.05, 4.69) is 30.6 Å². The van der Waals surface area contributed by atoms with Crippen LogP contribution in [0, 0.1) is 13.8 Å². The van der Waals surface area contributed by atoms with Crippen molar-refractivity contribution in [1.29, 1.82) is 0 Å². The fraction of sp³-hybridized carbons (Fsp3) is 0.154. The minimum absolute atomic E-state index is 0.283. The standard InChI is InChI=1S/C26H25ClN6O/c1-17-14-18(2)31-26(30-17)33-25(32-24(34)11-8-19-6-4-3-5-7-19)28-13-12-20-16-29-23-10-9-21(27)15-22(20)23/h3-11,14-16,29H,12-13H2,1-2H3,(H2,28,30,31,32,33,34)/b11-8+. The zero-order valence-corrected chi connectivity index (χ0v) is 19.7. The predicted molar refractivity (Wildman–Crippen MR) is 138 cm³/mol. The molecule has 4 rings (SSSR count). The van der Waals surface area contributed by atoms with Gasteiger partial charge in [0.25, 0.3) is 5.91 Å². The Kier molecular flexibility index (Phi) is 7.34. The molecule has 4 aromatic rings. The molecule has 7 nitrogen and oxygen atoms in total. The van der Waals surface area contributed by atoms with Crippen molar-refractivity contribution in [2.45, 2.75) is 20.3 Å². The number of carbonyl (C=O) groups is 1. The Morgan fingerprint density at radius 3 is 2.62 bits per heavy atom. The number of nitrogens with one attached hydrogen (secondary N) is 3. The van der Waals surface area contributed by atoms with Gasteiger partial charge in [-0.05, 0) is 61.7 Å². The first-order valence-corrected chi connectivity index (χ1v) is 11.3. The lowest BCUT2D eigenvalue weighted by atomic mass is 10.1. The van der Waals surface area contributed by atoms with E-state index < -0.39 is 0 Å². The summed E-state index contributed by atoms with van der Waals surface area (Å²) >= 11 is 6.16. The number of nitrogens with zero attached hydrogens (tertiary/aromatic N) is 3. The van der Waals surface area contributed by atoms with Crippen LogP contribution in [0.2, 0.25) is 5.02 Å². The van der Waals surface area contributed by atoms with Crippen LogP contribution >= 0.6 is 11.6 Å². The summed E-state index contributed by atoms with van der Waals surface area (Å²) in [6, 6.07) is 17.2. The highest BCUT2D eigenvalue weighted by molar-refractivity contribution is 6.31. The minimum atomic E-state index is -0.307. The summed E-state index contributed by atoms with van der Waals surface area (Å²) in [5.74, 6) is 0.353. The lowest BCUT2D eigenvalue weighted by Gasteiger charge is -2.10. The van der Waals surface area contributed by atoms with Crippen LogP contribution in [-0.2, 0) is 11.2 Å². The Morgan fingerprint density at radius 2 is 1.85 bits per heavy atom. The van der Waals surface area contributed by atoms with E-state index in [-0.39, 0.29) is 11.9 Å². The number of halogens is 1. The molecule has 34 heavy (non-hydrogen) atoms. The van der Waals surface area contributed by atoms with E-state index in [1.807, 2.05) is 74.6 Å². The Hall–Kier alpha value is -3.97. The first kappa shape index (κ1) is 23.2. The van der Waals surface area contributed by atoms with Crippen LogP contribution in [0.4, 0.5) is 5.95 Å². The van der Waals surface area contributed by atoms with Gasteiger partial charge in [-0.2, -0.15) is 0 Å². The summed E-state index contributed by atoms with van der Waals surface area (Å²) in [6.07, 6.45) is 5.83. The van der Waals surface area contributed by atoms with Crippen LogP contribution in [0.15, 0.2) is 71.9 Å². The van der Waals surface area contributed by atoms with Gasteiger partial charge in [0, 0.05) is 46.1 Å². The fourth-order valence-corrected chi connectivity index (χ4v) is 3.71. The van der Waals surface area contributed by atoms with Gasteiger partial charge < -0.3 is 4.98 Å². The molecule has 0 fully saturated rings. The molecule has 3 N–H and O–H groups in total. The van der Waals surface area contributed by atoms with Crippen molar-refractivity contribution in [3.05, 3.63) is 94.4 Å². The Bertz CT molecular complexity index is 1340. The number of amides is 1. The van der Waals surface area contributed by atoms with Crippen molar-refractivity contribution in [2.24, 2.45) is 4.99 Å². The van der Waals surface area contributed by atoms with Crippen molar-refractivity contribution >= 4 is 46.4 Å². The SMILES string of the molecule is Cc1cc(C)nc(NC(=NCCc2c[nH]c3ccc(Cl)cc23)NC(=O)/C=C/c2ccccc2)n1. The number of hydrogen-bond donors (Lipinski definition) is 3. The number of guanidine groups is 1. The van der Waals surface area contributed by atoms with Crippen LogP contribution in [0.5, 0.6) is 0 Å². The maximum Gasteiger partial charge on any atom is 0.250 e. The molecular formula is C26H25ClN6O. The molecule has 0 bridgehead atoms. The smallest absolute Gasteiger partial charge is 0.250 e. The second-order valence-electron chi connectivity index (χ2n) is 7.82. The third kappa shape index (κ3) is 6.30. The van der Waals surface area contributed by atoms with Crippen LogP contribution in [0.1, 0.15) is 22.5 Å². The van der Waals surface area contributed by atoms with E-state index in [1.165, 1.54) is 6.08 Å². The third-order valence-corrected chi connectivity index (χ3v) is 5.30. The van der Waals surface area contributed by atoms with Crippen LogP contribution < -0.4 is 10.6 Å². The number of anilines is 1. The Morgan fingerprint density at radius 1 is 1.09 bits per heavy atom. The second kappa shape index (κ2) is 10.8. The molecule has 2 heterocycles. The number of benzene rings is 2. The van der Waals surface area contributed by atoms with Gasteiger partial charge in [-0.3, -0.25) is 20.4 Å². The molecule has 0 saturated carbocycles. The van der Waals surface area contributed by atoms with Gasteiger partial charge in [-0.1, -0.05) is 41.9 Å². The summed E-state index contributed by atoms with van der Waals surface area (Å²) in [5, 5.41) is 7.60. The summed E-state index contributed by atoms with van der Waals surface area (Å²) in [5.41, 5.74) is 4.68. The first-order chi connectivity index (χ1) is 16.5. The quantitative estimate of drug-likeness (QED) is 0.207. The Balaban J connectivity index is 1.50. The maximum atomic E-state index is 12.6. The number of aliphatic imine (C=N–C) groups is 1. The van der Waals surface area contributed by atoms with Gasteiger partial charge in [0.15, 0.2) is 0 Å². The average Bonchev–Trinajstić information content (AvgIpc) is 3.19. The van der Waals surface area contributed by atoms with Gasteiger partial charge in [0.05, 0.1) is 0 Å². The zero-order valence-electron chi connectivity index (χ0n) is 19.0. The van der Waals surface area contributed by atoms with E-state index in [1.54, 1.807) is 6.08 Å². The normalized spacial score (nSPS) is 11.8. The lowest BCUT2D eigenvalue weighted by molar-refractivity contribution is -0.115. The molecule has 8 heteroatoms. The molecule has 0 spiro atoms. The highest BCUT2D eigenvalue weighted by Crippen LogP contribution is 2.22. The zero-order chi connectivity index (χ0) is 23.9. The number of aromatic nitrogens is 3. The molecule has 0 aliphatic rings. The first-order valence-electron chi connectivity index (χ1n) is 10.9. The van der Waals surface area contributed by atoms with Crippen molar-refractivity contribution in [3.8, 4) is 0 Å². The Labute approximate surface area is 203 Å². The number of hydrogen-bond acceptors (Lipinski definition) is 4. The van der Waals surface area contributed by atoms with Gasteiger partial charge in [-0.15, -0.1) is 0 Å². The molecular weight excluding hydrogens is 448 g/mol. The van der Waals surface area contributed by atoms with Crippen molar-refractivity contribution in [2.75, 3.05) is 11.9 Å². The van der Waals surface area contributed by atoms with Crippen molar-refractivity contribution in [1.82, 2.24) is 20.3 Å². The fourth-order valence-electron chi connectivity index (χ4n) is 3.54. The van der Waals surface area contributed by atoms with E-state index in [0.29, 0.717) is 23.9 Å². The third-order valence-electron chi connectivity index (χ3n) is 5.06. The monoisotopic (exact) mass is 472 g/mol. The van der Waals surface area contributed by atoms with E-state index >= 15 is 0 Å². The maximum absolute atomic E-state index is 12.6. The topological polar surface area (TPSA) is 95.1 Å². The molecule has 0 radical (unpaired) electrons. The van der Waals surface area contributed by atoms with Crippen molar-refractivity contribution < 1.29 is 4.79 Å². The highest BCUT2D eigenvalue weighted by atomic mass is 35.5. The minimum Gasteiger partial charge on any atom is -0.361 e. The van der Waals surface area contributed by atoms with Gasteiger partial charge in [0.1, 0.15) is 0 Å². The van der Waals surface area contributed by atoms with E-state index in [9.17, 15) is 4.79 Å². The molecule has 0 atom stereocenters. The number of carbonyl (C=O) groups excluding carboxylic acids is 1. The van der Waals surface area contributed by atoms with Crippen LogP contribution in [0.25, 0.3) is 17.0 Å². The molecule has 1 amide bonds. The lowest BCUT2D eigenvalue weighted by Crippen LogP contribution is -2.35. The van der Waals surface area contributed by atoms with Crippen LogP contribution in [0.3, 0.4) is 0 Å². The number of aryl methyl sites for hydroxylation is 2. The molecule has 0 aliphatic heterocycles. The van der Waals surface area contributed by atoms with Gasteiger partial charge >= 0.3 is 0 Å². The molecule has 172 valence electrons. The average molecular weight is 473 g/mol. The summed E-state index contributed by atoms with van der Waals surface area (Å²) in [7, 11) is 0. The number of aromatic amines is 1. The molecule has 2 aromatic carbocycles. The molecule has 0 aliphatic carbocycles. The summed E-state index contributed by atoms with van der Waals surface area (Å²) in [4.78, 5) is 29.2. The number of rotatable bonds is 6. The summed E-state index contributed by atoms with van der Waals surface area (Å²) < 4.78 is 0. The predicted octanol–water partition coefficient (Wildman–Crippen LogP) is 5.07. The van der Waals surface area contributed by atoms with Gasteiger partial charge in [-0.25, -0.2) is 9.97 Å². The molecule has 0 unspecified atom stereocenters. The second-order valence-corrected chi connectivity index (χ2v) is 8.25. The van der Waals surface area contributed by atoms with Gasteiger partial charge in [0.2, 0.25) is 11.9 Å². The summed E-state index contributed by atoms with van der Waals surface area (Å²) in [6.45, 7) is 4.22. The number of H-pyrrole nitrogens is 1.